The molecule has 0 spiro atoms. The quantitative estimate of drug-likeness (QED) is 0.712. The summed E-state index contributed by atoms with van der Waals surface area (Å²) in [4.78, 5) is 4.59. The Hall–Kier alpha value is -0.740. The maximum atomic E-state index is 6.07. The van der Waals surface area contributed by atoms with E-state index in [0.717, 1.165) is 37.3 Å². The summed E-state index contributed by atoms with van der Waals surface area (Å²) in [5.74, 6) is 1.70. The Morgan fingerprint density at radius 2 is 1.89 bits per heavy atom. The molecule has 1 heterocycles. The third kappa shape index (κ3) is 3.62. The van der Waals surface area contributed by atoms with Crippen LogP contribution in [0.2, 0.25) is 0 Å². The molecule has 0 atom stereocenters. The molecule has 0 bridgehead atoms. The van der Waals surface area contributed by atoms with Gasteiger partial charge in [-0.25, -0.2) is 0 Å². The number of halogens is 1. The van der Waals surface area contributed by atoms with Gasteiger partial charge in [-0.15, -0.1) is 11.6 Å². The molecule has 0 aromatic carbocycles. The molecule has 0 aliphatic carbocycles. The number of aryl methyl sites for hydroxylation is 2. The van der Waals surface area contributed by atoms with Crippen molar-refractivity contribution < 1.29 is 0 Å². The molecule has 0 aliphatic rings. The second-order valence-electron chi connectivity index (χ2n) is 4.94. The Bertz CT molecular complexity index is 373. The minimum atomic E-state index is 0.525. The molecule has 0 aliphatic heterocycles. The highest BCUT2D eigenvalue weighted by molar-refractivity contribution is 6.17. The number of rotatable bonds is 7. The molecule has 0 radical (unpaired) electrons. The van der Waals surface area contributed by atoms with Gasteiger partial charge in [0.15, 0.2) is 0 Å². The van der Waals surface area contributed by atoms with Crippen LogP contribution in [-0.2, 0) is 12.9 Å². The minimum absolute atomic E-state index is 0.525. The molecule has 1 aromatic rings. The van der Waals surface area contributed by atoms with Crippen LogP contribution in [0.1, 0.15) is 24.6 Å². The zero-order valence-corrected chi connectivity index (χ0v) is 13.0. The van der Waals surface area contributed by atoms with Crippen LogP contribution < -0.4 is 4.90 Å². The van der Waals surface area contributed by atoms with Gasteiger partial charge in [0.1, 0.15) is 5.82 Å². The molecule has 4 nitrogen and oxygen atoms in total. The SMILES string of the molecule is CCCN(CCN(C)C)c1c(CCl)c(C)nn1C. The van der Waals surface area contributed by atoms with Crippen LogP contribution in [0.3, 0.4) is 0 Å². The number of hydrogen-bond donors (Lipinski definition) is 0. The monoisotopic (exact) mass is 272 g/mol. The van der Waals surface area contributed by atoms with E-state index < -0.39 is 0 Å². The molecule has 1 rings (SSSR count). The molecule has 0 N–H and O–H groups in total. The Morgan fingerprint density at radius 3 is 2.39 bits per heavy atom. The van der Waals surface area contributed by atoms with Gasteiger partial charge in [-0.05, 0) is 27.4 Å². The van der Waals surface area contributed by atoms with Crippen LogP contribution in [0.25, 0.3) is 0 Å². The second-order valence-corrected chi connectivity index (χ2v) is 5.20. The van der Waals surface area contributed by atoms with Crippen LogP contribution in [0, 0.1) is 6.92 Å². The van der Waals surface area contributed by atoms with Crippen molar-refractivity contribution in [2.24, 2.45) is 7.05 Å². The smallest absolute Gasteiger partial charge is 0.131 e. The van der Waals surface area contributed by atoms with Crippen LogP contribution in [0.5, 0.6) is 0 Å². The van der Waals surface area contributed by atoms with E-state index in [1.165, 1.54) is 5.82 Å². The number of hydrogen-bond acceptors (Lipinski definition) is 3. The average Bonchev–Trinajstić information content (AvgIpc) is 2.58. The summed E-state index contributed by atoms with van der Waals surface area (Å²) in [7, 11) is 6.19. The highest BCUT2D eigenvalue weighted by Crippen LogP contribution is 2.25. The fraction of sp³-hybridized carbons (Fsp3) is 0.769. The second kappa shape index (κ2) is 7.00. The number of aromatic nitrogens is 2. The maximum absolute atomic E-state index is 6.07. The van der Waals surface area contributed by atoms with E-state index in [2.05, 4.69) is 35.9 Å². The van der Waals surface area contributed by atoms with Gasteiger partial charge in [-0.1, -0.05) is 6.92 Å². The molecule has 5 heteroatoms. The summed E-state index contributed by atoms with van der Waals surface area (Å²) in [6.07, 6.45) is 1.12. The normalized spacial score (nSPS) is 11.3. The summed E-state index contributed by atoms with van der Waals surface area (Å²) in [5.41, 5.74) is 2.19. The van der Waals surface area contributed by atoms with E-state index in [1.807, 2.05) is 18.7 Å². The minimum Gasteiger partial charge on any atom is -0.355 e. The molecule has 0 unspecified atom stereocenters. The van der Waals surface area contributed by atoms with Crippen molar-refractivity contribution in [1.29, 1.82) is 0 Å². The molecular weight excluding hydrogens is 248 g/mol. The van der Waals surface area contributed by atoms with Gasteiger partial charge < -0.3 is 9.80 Å². The molecule has 104 valence electrons. The van der Waals surface area contributed by atoms with E-state index >= 15 is 0 Å². The van der Waals surface area contributed by atoms with Gasteiger partial charge in [0.25, 0.3) is 0 Å². The van der Waals surface area contributed by atoms with Crippen LogP contribution in [0.15, 0.2) is 0 Å². The van der Waals surface area contributed by atoms with Gasteiger partial charge in [-0.3, -0.25) is 4.68 Å². The summed E-state index contributed by atoms with van der Waals surface area (Å²) in [6, 6.07) is 0. The fourth-order valence-electron chi connectivity index (χ4n) is 2.16. The first kappa shape index (κ1) is 15.3. The van der Waals surface area contributed by atoms with E-state index in [1.54, 1.807) is 0 Å². The standard InChI is InChI=1S/C13H25ClN4/c1-6-7-18(9-8-16(3)4)13-12(10-14)11(2)15-17(13)5/h6-10H2,1-5H3. The first-order chi connectivity index (χ1) is 8.51. The molecule has 0 fully saturated rings. The lowest BCUT2D eigenvalue weighted by atomic mass is 10.2. The number of anilines is 1. The predicted molar refractivity (Wildman–Crippen MR) is 78.6 cm³/mol. The van der Waals surface area contributed by atoms with Gasteiger partial charge in [0.2, 0.25) is 0 Å². The van der Waals surface area contributed by atoms with Crippen LogP contribution in [-0.4, -0.2) is 48.4 Å². The molecule has 18 heavy (non-hydrogen) atoms. The van der Waals surface area contributed by atoms with Gasteiger partial charge in [-0.2, -0.15) is 5.10 Å². The van der Waals surface area contributed by atoms with E-state index in [4.69, 9.17) is 11.6 Å². The first-order valence-corrected chi connectivity index (χ1v) is 7.02. The Labute approximate surface area is 116 Å². The predicted octanol–water partition coefficient (Wildman–Crippen LogP) is 2.25. The zero-order chi connectivity index (χ0) is 13.7. The first-order valence-electron chi connectivity index (χ1n) is 6.49. The summed E-state index contributed by atoms with van der Waals surface area (Å²) < 4.78 is 1.96. The van der Waals surface area contributed by atoms with Crippen molar-refractivity contribution in [3.8, 4) is 0 Å². The highest BCUT2D eigenvalue weighted by Gasteiger charge is 2.18. The van der Waals surface area contributed by atoms with Crippen molar-refractivity contribution in [3.63, 3.8) is 0 Å². The number of nitrogens with zero attached hydrogens (tertiary/aromatic N) is 4. The lowest BCUT2D eigenvalue weighted by molar-refractivity contribution is 0.411. The Morgan fingerprint density at radius 1 is 1.22 bits per heavy atom. The third-order valence-corrected chi connectivity index (χ3v) is 3.32. The van der Waals surface area contributed by atoms with Gasteiger partial charge in [0, 0.05) is 32.2 Å². The molecule has 0 amide bonds. The van der Waals surface area contributed by atoms with Crippen molar-refractivity contribution in [1.82, 2.24) is 14.7 Å². The largest absolute Gasteiger partial charge is 0.355 e. The average molecular weight is 273 g/mol. The number of alkyl halides is 1. The maximum Gasteiger partial charge on any atom is 0.131 e. The van der Waals surface area contributed by atoms with E-state index in [-0.39, 0.29) is 0 Å². The van der Waals surface area contributed by atoms with Crippen molar-refractivity contribution >= 4 is 17.4 Å². The molecular formula is C13H25ClN4. The number of likely N-dealkylation sites (N-methyl/N-ethyl adjacent to an activating group) is 1. The Kier molecular flexibility index (Phi) is 5.96. The van der Waals surface area contributed by atoms with Crippen molar-refractivity contribution in [2.75, 3.05) is 38.6 Å². The topological polar surface area (TPSA) is 24.3 Å². The summed E-state index contributed by atoms with van der Waals surface area (Å²) >= 11 is 6.07. The van der Waals surface area contributed by atoms with E-state index in [0.29, 0.717) is 5.88 Å². The highest BCUT2D eigenvalue weighted by atomic mass is 35.5. The van der Waals surface area contributed by atoms with Crippen molar-refractivity contribution in [2.45, 2.75) is 26.1 Å². The molecule has 0 saturated heterocycles. The van der Waals surface area contributed by atoms with Gasteiger partial charge >= 0.3 is 0 Å². The van der Waals surface area contributed by atoms with Crippen molar-refractivity contribution in [3.05, 3.63) is 11.3 Å². The van der Waals surface area contributed by atoms with E-state index in [9.17, 15) is 0 Å². The van der Waals surface area contributed by atoms with Crippen LogP contribution in [0.4, 0.5) is 5.82 Å². The lowest BCUT2D eigenvalue weighted by Gasteiger charge is -2.26. The molecule has 0 saturated carbocycles. The fourth-order valence-corrected chi connectivity index (χ4v) is 2.47. The van der Waals surface area contributed by atoms with Crippen LogP contribution >= 0.6 is 11.6 Å². The molecule has 1 aromatic heterocycles. The summed E-state index contributed by atoms with van der Waals surface area (Å²) in [6.45, 7) is 7.30. The Balaban J connectivity index is 2.97. The van der Waals surface area contributed by atoms with Gasteiger partial charge in [0.05, 0.1) is 11.6 Å². The third-order valence-electron chi connectivity index (χ3n) is 3.06. The lowest BCUT2D eigenvalue weighted by Crippen LogP contribution is -2.34. The zero-order valence-electron chi connectivity index (χ0n) is 12.2. The summed E-state index contributed by atoms with van der Waals surface area (Å²) in [5, 5.41) is 4.49.